The van der Waals surface area contributed by atoms with E-state index < -0.39 is 0 Å². The number of hydrogen-bond acceptors (Lipinski definition) is 5. The minimum Gasteiger partial charge on any atom is -0.508 e. The van der Waals surface area contributed by atoms with E-state index in [2.05, 4.69) is 0 Å². The van der Waals surface area contributed by atoms with Crippen LogP contribution in [0.1, 0.15) is 22.3 Å². The first-order valence-electron chi connectivity index (χ1n) is 10.7. The monoisotopic (exact) mass is 441 g/mol. The van der Waals surface area contributed by atoms with Gasteiger partial charge in [0.1, 0.15) is 23.0 Å². The van der Waals surface area contributed by atoms with Crippen molar-refractivity contribution in [3.63, 3.8) is 0 Å². The number of anilines is 3. The first kappa shape index (κ1) is 22.1. The Morgan fingerprint density at radius 1 is 0.545 bits per heavy atom. The zero-order valence-corrected chi connectivity index (χ0v) is 19.1. The molecule has 0 bridgehead atoms. The normalized spacial score (nSPS) is 10.8. The fraction of sp³-hybridized carbons (Fsp3) is 0.143. The number of phenolic OH excluding ortho intramolecular Hbond substituents is 3. The Bertz CT molecular complexity index is 1280. The van der Waals surface area contributed by atoms with Crippen LogP contribution in [-0.2, 0) is 0 Å². The standard InChI is InChI=1S/C28H27NO4/c1-17-9-11-21(15-25(17)31)29(22-12-10-18(2)26(32)16-22)23-7-5-6-8-27(23)33-28-14-19(3)24(30)13-20(28)4/h5-16,30-32H,1-4H3. The zero-order chi connectivity index (χ0) is 23.7. The largest absolute Gasteiger partial charge is 0.508 e. The van der Waals surface area contributed by atoms with Crippen molar-refractivity contribution in [1.82, 2.24) is 0 Å². The molecule has 0 aliphatic heterocycles. The lowest BCUT2D eigenvalue weighted by molar-refractivity contribution is 0.458. The number of nitrogens with zero attached hydrogens (tertiary/aromatic N) is 1. The highest BCUT2D eigenvalue weighted by atomic mass is 16.5. The highest BCUT2D eigenvalue weighted by Crippen LogP contribution is 2.44. The van der Waals surface area contributed by atoms with Crippen LogP contribution >= 0.6 is 0 Å². The van der Waals surface area contributed by atoms with Crippen molar-refractivity contribution in [2.24, 2.45) is 0 Å². The van der Waals surface area contributed by atoms with E-state index in [0.29, 0.717) is 11.5 Å². The minimum atomic E-state index is 0.178. The maximum absolute atomic E-state index is 10.4. The van der Waals surface area contributed by atoms with Crippen LogP contribution in [0.4, 0.5) is 17.1 Å². The number of para-hydroxylation sites is 2. The van der Waals surface area contributed by atoms with Gasteiger partial charge in [0.25, 0.3) is 0 Å². The molecule has 0 aliphatic rings. The Hall–Kier alpha value is -4.12. The molecular formula is C28H27NO4. The van der Waals surface area contributed by atoms with Crippen molar-refractivity contribution < 1.29 is 20.1 Å². The van der Waals surface area contributed by atoms with Gasteiger partial charge in [-0.3, -0.25) is 0 Å². The molecule has 0 aromatic heterocycles. The number of benzene rings is 4. The predicted molar refractivity (Wildman–Crippen MR) is 132 cm³/mol. The number of ether oxygens (including phenoxy) is 1. The zero-order valence-electron chi connectivity index (χ0n) is 19.1. The molecule has 0 spiro atoms. The van der Waals surface area contributed by atoms with Crippen LogP contribution in [0.25, 0.3) is 0 Å². The van der Waals surface area contributed by atoms with Crippen molar-refractivity contribution >= 4 is 17.1 Å². The molecule has 4 aromatic rings. The van der Waals surface area contributed by atoms with Crippen LogP contribution in [0.2, 0.25) is 0 Å². The van der Waals surface area contributed by atoms with Crippen molar-refractivity contribution in [2.45, 2.75) is 27.7 Å². The number of rotatable bonds is 5. The van der Waals surface area contributed by atoms with Crippen LogP contribution in [-0.4, -0.2) is 15.3 Å². The van der Waals surface area contributed by atoms with Gasteiger partial charge in [-0.1, -0.05) is 24.3 Å². The summed E-state index contributed by atoms with van der Waals surface area (Å²) in [4.78, 5) is 1.93. The highest BCUT2D eigenvalue weighted by Gasteiger charge is 2.19. The Labute approximate surface area is 193 Å². The molecule has 5 nitrogen and oxygen atoms in total. The second kappa shape index (κ2) is 8.79. The molecule has 0 atom stereocenters. The second-order valence-corrected chi connectivity index (χ2v) is 8.25. The summed E-state index contributed by atoms with van der Waals surface area (Å²) in [6, 6.07) is 22.0. The van der Waals surface area contributed by atoms with E-state index in [0.717, 1.165) is 39.3 Å². The third-order valence-electron chi connectivity index (χ3n) is 5.72. The predicted octanol–water partition coefficient (Wildman–Crippen LogP) is 7.30. The van der Waals surface area contributed by atoms with Gasteiger partial charge < -0.3 is 25.0 Å². The summed E-state index contributed by atoms with van der Waals surface area (Å²) in [7, 11) is 0. The lowest BCUT2D eigenvalue weighted by Crippen LogP contribution is -2.11. The maximum Gasteiger partial charge on any atom is 0.151 e. The van der Waals surface area contributed by atoms with E-state index >= 15 is 0 Å². The van der Waals surface area contributed by atoms with Gasteiger partial charge in [0, 0.05) is 23.5 Å². The Kier molecular flexibility index (Phi) is 5.88. The Balaban J connectivity index is 1.88. The molecule has 0 radical (unpaired) electrons. The Morgan fingerprint density at radius 2 is 1.09 bits per heavy atom. The van der Waals surface area contributed by atoms with Crippen LogP contribution in [0.5, 0.6) is 28.7 Å². The van der Waals surface area contributed by atoms with Crippen LogP contribution in [0, 0.1) is 27.7 Å². The molecule has 0 aliphatic carbocycles. The van der Waals surface area contributed by atoms with Crippen LogP contribution in [0.3, 0.4) is 0 Å². The molecule has 0 fully saturated rings. The van der Waals surface area contributed by atoms with E-state index in [9.17, 15) is 15.3 Å². The van der Waals surface area contributed by atoms with Crippen molar-refractivity contribution in [3.8, 4) is 28.7 Å². The molecule has 0 saturated carbocycles. The van der Waals surface area contributed by atoms with Gasteiger partial charge in [0.05, 0.1) is 5.69 Å². The Morgan fingerprint density at radius 3 is 1.67 bits per heavy atom. The molecule has 0 amide bonds. The first-order valence-corrected chi connectivity index (χ1v) is 10.7. The fourth-order valence-corrected chi connectivity index (χ4v) is 3.63. The fourth-order valence-electron chi connectivity index (χ4n) is 3.63. The number of phenols is 3. The average Bonchev–Trinajstić information content (AvgIpc) is 2.78. The molecule has 4 rings (SSSR count). The number of aromatic hydroxyl groups is 3. The van der Waals surface area contributed by atoms with Gasteiger partial charge in [0.2, 0.25) is 0 Å². The van der Waals surface area contributed by atoms with Crippen LogP contribution in [0.15, 0.2) is 72.8 Å². The lowest BCUT2D eigenvalue weighted by atomic mass is 10.1. The lowest BCUT2D eigenvalue weighted by Gasteiger charge is -2.28. The maximum atomic E-state index is 10.4. The molecule has 3 N–H and O–H groups in total. The summed E-state index contributed by atoms with van der Waals surface area (Å²) in [5, 5.41) is 30.8. The summed E-state index contributed by atoms with van der Waals surface area (Å²) >= 11 is 0. The SMILES string of the molecule is Cc1ccc(N(c2ccc(C)c(O)c2)c2ccccc2Oc2cc(C)c(O)cc2C)cc1O. The minimum absolute atomic E-state index is 0.178. The molecule has 5 heteroatoms. The number of hydrogen-bond donors (Lipinski definition) is 3. The van der Waals surface area contributed by atoms with Crippen molar-refractivity contribution in [1.29, 1.82) is 0 Å². The van der Waals surface area contributed by atoms with Gasteiger partial charge >= 0.3 is 0 Å². The summed E-state index contributed by atoms with van der Waals surface area (Å²) in [6.07, 6.45) is 0. The molecule has 0 unspecified atom stereocenters. The smallest absolute Gasteiger partial charge is 0.151 e. The summed E-state index contributed by atoms with van der Waals surface area (Å²) < 4.78 is 6.33. The molecule has 33 heavy (non-hydrogen) atoms. The highest BCUT2D eigenvalue weighted by molar-refractivity contribution is 5.81. The van der Waals surface area contributed by atoms with Gasteiger partial charge in [-0.2, -0.15) is 0 Å². The molecule has 4 aromatic carbocycles. The van der Waals surface area contributed by atoms with E-state index in [1.807, 2.05) is 81.1 Å². The van der Waals surface area contributed by atoms with Gasteiger partial charge in [0.15, 0.2) is 5.75 Å². The van der Waals surface area contributed by atoms with E-state index in [-0.39, 0.29) is 17.2 Å². The van der Waals surface area contributed by atoms with Gasteiger partial charge in [-0.15, -0.1) is 0 Å². The van der Waals surface area contributed by atoms with E-state index in [1.54, 1.807) is 24.3 Å². The quantitative estimate of drug-likeness (QED) is 0.303. The second-order valence-electron chi connectivity index (χ2n) is 8.25. The summed E-state index contributed by atoms with van der Waals surface area (Å²) in [5.74, 6) is 1.80. The molecule has 0 saturated heterocycles. The molecule has 168 valence electrons. The van der Waals surface area contributed by atoms with Crippen molar-refractivity contribution in [3.05, 3.63) is 95.1 Å². The van der Waals surface area contributed by atoms with Gasteiger partial charge in [-0.05, 0) is 86.3 Å². The first-order chi connectivity index (χ1) is 15.7. The molecular weight excluding hydrogens is 414 g/mol. The number of aryl methyl sites for hydroxylation is 4. The van der Waals surface area contributed by atoms with Crippen LogP contribution < -0.4 is 9.64 Å². The van der Waals surface area contributed by atoms with Gasteiger partial charge in [-0.25, -0.2) is 0 Å². The average molecular weight is 442 g/mol. The van der Waals surface area contributed by atoms with E-state index in [4.69, 9.17) is 4.74 Å². The van der Waals surface area contributed by atoms with Crippen molar-refractivity contribution in [2.75, 3.05) is 4.90 Å². The molecule has 0 heterocycles. The summed E-state index contributed by atoms with van der Waals surface area (Å²) in [5.41, 5.74) is 5.23. The third kappa shape index (κ3) is 4.44. The summed E-state index contributed by atoms with van der Waals surface area (Å²) in [6.45, 7) is 7.39. The van der Waals surface area contributed by atoms with E-state index in [1.165, 1.54) is 0 Å². The third-order valence-corrected chi connectivity index (χ3v) is 5.72. The topological polar surface area (TPSA) is 73.2 Å².